The van der Waals surface area contributed by atoms with Crippen molar-refractivity contribution >= 4 is 23.2 Å². The summed E-state index contributed by atoms with van der Waals surface area (Å²) in [5, 5.41) is 10.1. The van der Waals surface area contributed by atoms with E-state index in [1.54, 1.807) is 10.7 Å². The van der Waals surface area contributed by atoms with Gasteiger partial charge in [0, 0.05) is 28.9 Å². The Balaban J connectivity index is 1.78. The third-order valence-corrected chi connectivity index (χ3v) is 4.31. The number of benzene rings is 1. The Morgan fingerprint density at radius 1 is 1.33 bits per heavy atom. The Kier molecular flexibility index (Phi) is 3.91. The Hall–Kier alpha value is -2.63. The van der Waals surface area contributed by atoms with Crippen molar-refractivity contribution in [2.45, 2.75) is 46.1 Å². The van der Waals surface area contributed by atoms with Crippen LogP contribution in [0.5, 0.6) is 0 Å². The van der Waals surface area contributed by atoms with E-state index in [2.05, 4.69) is 15.7 Å². The van der Waals surface area contributed by atoms with Gasteiger partial charge in [0.1, 0.15) is 6.54 Å². The highest BCUT2D eigenvalue weighted by Crippen LogP contribution is 2.38. The van der Waals surface area contributed by atoms with Crippen molar-refractivity contribution in [3.05, 3.63) is 41.2 Å². The van der Waals surface area contributed by atoms with Crippen LogP contribution in [0, 0.1) is 13.8 Å². The molecule has 1 aromatic carbocycles. The van der Waals surface area contributed by atoms with Gasteiger partial charge in [-0.1, -0.05) is 13.8 Å². The molecule has 2 N–H and O–H groups in total. The molecule has 24 heavy (non-hydrogen) atoms. The lowest BCUT2D eigenvalue weighted by Crippen LogP contribution is -2.32. The number of aryl methyl sites for hydroxylation is 2. The van der Waals surface area contributed by atoms with E-state index in [0.29, 0.717) is 6.42 Å². The summed E-state index contributed by atoms with van der Waals surface area (Å²) >= 11 is 0. The SMILES string of the molecule is Cc1cc(C)n(CC(=O)Nc2ccc3c(c2)C(C)(C)CC(=O)N3)n1. The number of carbonyl (C=O) groups excluding carboxylic acids is 2. The van der Waals surface area contributed by atoms with Crippen LogP contribution in [0.25, 0.3) is 0 Å². The summed E-state index contributed by atoms with van der Waals surface area (Å²) in [4.78, 5) is 24.0. The minimum Gasteiger partial charge on any atom is -0.326 e. The molecule has 1 aliphatic heterocycles. The van der Waals surface area contributed by atoms with Gasteiger partial charge >= 0.3 is 0 Å². The van der Waals surface area contributed by atoms with Crippen LogP contribution in [-0.4, -0.2) is 21.6 Å². The van der Waals surface area contributed by atoms with Crippen LogP contribution in [0.3, 0.4) is 0 Å². The maximum Gasteiger partial charge on any atom is 0.246 e. The normalized spacial score (nSPS) is 15.6. The van der Waals surface area contributed by atoms with Crippen LogP contribution in [0.2, 0.25) is 0 Å². The summed E-state index contributed by atoms with van der Waals surface area (Å²) in [5.41, 5.74) is 4.17. The van der Waals surface area contributed by atoms with E-state index < -0.39 is 0 Å². The topological polar surface area (TPSA) is 76.0 Å². The molecule has 6 heteroatoms. The molecule has 6 nitrogen and oxygen atoms in total. The number of nitrogens with one attached hydrogen (secondary N) is 2. The summed E-state index contributed by atoms with van der Waals surface area (Å²) in [6, 6.07) is 7.53. The number of hydrogen-bond acceptors (Lipinski definition) is 3. The molecule has 0 spiro atoms. The van der Waals surface area contributed by atoms with Gasteiger partial charge < -0.3 is 10.6 Å². The first-order chi connectivity index (χ1) is 11.2. The lowest BCUT2D eigenvalue weighted by Gasteiger charge is -2.32. The number of carbonyl (C=O) groups is 2. The Labute approximate surface area is 141 Å². The smallest absolute Gasteiger partial charge is 0.246 e. The fraction of sp³-hybridized carbons (Fsp3) is 0.389. The summed E-state index contributed by atoms with van der Waals surface area (Å²) < 4.78 is 1.69. The Morgan fingerprint density at radius 2 is 2.08 bits per heavy atom. The predicted molar refractivity (Wildman–Crippen MR) is 93.0 cm³/mol. The molecule has 0 aliphatic carbocycles. The minimum absolute atomic E-state index is 0.0220. The molecule has 0 saturated heterocycles. The maximum absolute atomic E-state index is 12.3. The average Bonchev–Trinajstić information content (AvgIpc) is 2.76. The Morgan fingerprint density at radius 3 is 2.75 bits per heavy atom. The lowest BCUT2D eigenvalue weighted by atomic mass is 9.78. The molecule has 1 aliphatic rings. The van der Waals surface area contributed by atoms with E-state index in [1.165, 1.54) is 0 Å². The van der Waals surface area contributed by atoms with Crippen LogP contribution in [-0.2, 0) is 21.5 Å². The van der Waals surface area contributed by atoms with Crippen LogP contribution in [0.4, 0.5) is 11.4 Å². The second-order valence-corrected chi connectivity index (χ2v) is 7.00. The molecule has 0 bridgehead atoms. The van der Waals surface area contributed by atoms with Crippen LogP contribution >= 0.6 is 0 Å². The van der Waals surface area contributed by atoms with Gasteiger partial charge in [-0.25, -0.2) is 0 Å². The van der Waals surface area contributed by atoms with E-state index in [-0.39, 0.29) is 23.8 Å². The maximum atomic E-state index is 12.3. The third-order valence-electron chi connectivity index (χ3n) is 4.31. The molecule has 0 saturated carbocycles. The number of aromatic nitrogens is 2. The molecule has 0 atom stereocenters. The van der Waals surface area contributed by atoms with E-state index in [0.717, 1.165) is 28.3 Å². The predicted octanol–water partition coefficient (Wildman–Crippen LogP) is 2.76. The van der Waals surface area contributed by atoms with E-state index in [4.69, 9.17) is 0 Å². The number of hydrogen-bond donors (Lipinski definition) is 2. The quantitative estimate of drug-likeness (QED) is 0.910. The van der Waals surface area contributed by atoms with Gasteiger partial charge in [0.25, 0.3) is 0 Å². The highest BCUT2D eigenvalue weighted by atomic mass is 16.2. The first-order valence-electron chi connectivity index (χ1n) is 8.00. The zero-order valence-corrected chi connectivity index (χ0v) is 14.4. The molecule has 3 rings (SSSR count). The third kappa shape index (κ3) is 3.18. The number of anilines is 2. The summed E-state index contributed by atoms with van der Waals surface area (Å²) in [5.74, 6) is -0.104. The number of amides is 2. The highest BCUT2D eigenvalue weighted by Gasteiger charge is 2.32. The van der Waals surface area contributed by atoms with Crippen molar-refractivity contribution < 1.29 is 9.59 Å². The fourth-order valence-electron chi connectivity index (χ4n) is 3.15. The summed E-state index contributed by atoms with van der Waals surface area (Å²) in [6.45, 7) is 8.08. The van der Waals surface area contributed by atoms with Crippen molar-refractivity contribution in [3.63, 3.8) is 0 Å². The van der Waals surface area contributed by atoms with E-state index in [9.17, 15) is 9.59 Å². The second kappa shape index (κ2) is 5.78. The van der Waals surface area contributed by atoms with Gasteiger partial charge in [0.05, 0.1) is 5.69 Å². The van der Waals surface area contributed by atoms with Crippen LogP contribution < -0.4 is 10.6 Å². The van der Waals surface area contributed by atoms with E-state index >= 15 is 0 Å². The van der Waals surface area contributed by atoms with Crippen LogP contribution in [0.15, 0.2) is 24.3 Å². The molecular weight excluding hydrogens is 304 g/mol. The summed E-state index contributed by atoms with van der Waals surface area (Å²) in [7, 11) is 0. The van der Waals surface area contributed by atoms with Gasteiger partial charge in [0.15, 0.2) is 0 Å². The molecule has 0 fully saturated rings. The van der Waals surface area contributed by atoms with Crippen molar-refractivity contribution in [2.24, 2.45) is 0 Å². The Bertz CT molecular complexity index is 820. The largest absolute Gasteiger partial charge is 0.326 e. The van der Waals surface area contributed by atoms with E-state index in [1.807, 2.05) is 45.9 Å². The number of nitrogens with zero attached hydrogens (tertiary/aromatic N) is 2. The van der Waals surface area contributed by atoms with Gasteiger partial charge in [-0.05, 0) is 43.7 Å². The molecule has 126 valence electrons. The zero-order chi connectivity index (χ0) is 17.5. The second-order valence-electron chi connectivity index (χ2n) is 7.00. The van der Waals surface area contributed by atoms with Crippen LogP contribution in [0.1, 0.15) is 37.2 Å². The van der Waals surface area contributed by atoms with Gasteiger partial charge in [0.2, 0.25) is 11.8 Å². The van der Waals surface area contributed by atoms with Crippen molar-refractivity contribution in [3.8, 4) is 0 Å². The first-order valence-corrected chi connectivity index (χ1v) is 8.00. The monoisotopic (exact) mass is 326 g/mol. The highest BCUT2D eigenvalue weighted by molar-refractivity contribution is 5.97. The minimum atomic E-state index is -0.256. The standard InChI is InChI=1S/C18H22N4O2/c1-11-7-12(2)22(21-11)10-17(24)19-13-5-6-15-14(8-13)18(3,4)9-16(23)20-15/h5-8H,9-10H2,1-4H3,(H,19,24)(H,20,23). The molecule has 2 amide bonds. The molecular formula is C18H22N4O2. The molecule has 1 aromatic heterocycles. The fourth-order valence-corrected chi connectivity index (χ4v) is 3.15. The zero-order valence-electron chi connectivity index (χ0n) is 14.4. The van der Waals surface area contributed by atoms with Crippen molar-refractivity contribution in [1.82, 2.24) is 9.78 Å². The molecule has 0 unspecified atom stereocenters. The van der Waals surface area contributed by atoms with Gasteiger partial charge in [-0.3, -0.25) is 14.3 Å². The molecule has 2 heterocycles. The lowest BCUT2D eigenvalue weighted by molar-refractivity contribution is -0.118. The van der Waals surface area contributed by atoms with Crippen molar-refractivity contribution in [1.29, 1.82) is 0 Å². The molecule has 2 aromatic rings. The first kappa shape index (κ1) is 16.2. The average molecular weight is 326 g/mol. The molecule has 0 radical (unpaired) electrons. The van der Waals surface area contributed by atoms with Gasteiger partial charge in [-0.15, -0.1) is 0 Å². The number of rotatable bonds is 3. The van der Waals surface area contributed by atoms with Gasteiger partial charge in [-0.2, -0.15) is 5.10 Å². The summed E-state index contributed by atoms with van der Waals surface area (Å²) in [6.07, 6.45) is 0.434. The van der Waals surface area contributed by atoms with Crippen molar-refractivity contribution in [2.75, 3.05) is 10.6 Å². The number of fused-ring (bicyclic) bond motifs is 1.